The van der Waals surface area contributed by atoms with E-state index in [1.54, 1.807) is 0 Å². The summed E-state index contributed by atoms with van der Waals surface area (Å²) in [6, 6.07) is 73.0. The van der Waals surface area contributed by atoms with E-state index in [1.165, 1.54) is 72.5 Å². The molecule has 3 heteroatoms. The Hall–Kier alpha value is -6.58. The Kier molecular flexibility index (Phi) is 6.95. The second-order valence-corrected chi connectivity index (χ2v) is 13.3. The minimum absolute atomic E-state index is 0.0411. The molecule has 2 aliphatic heterocycles. The SMILES string of the molecule is c1ccc(-c2ccc3c(c2)N(c2ccccc2)c2cc(-c4ccccc4)cc4c2B3c2ccc(-c3ccccc3)cc2N4c2ccccc2)cc1. The molecule has 2 heterocycles. The fraction of sp³-hybridized carbons (Fsp3) is 0. The van der Waals surface area contributed by atoms with Crippen LogP contribution in [0.25, 0.3) is 33.4 Å². The largest absolute Gasteiger partial charge is 0.311 e. The summed E-state index contributed by atoms with van der Waals surface area (Å²) in [7, 11) is 0. The molecule has 0 aliphatic carbocycles. The second kappa shape index (κ2) is 12.1. The van der Waals surface area contributed by atoms with Gasteiger partial charge in [-0.3, -0.25) is 0 Å². The van der Waals surface area contributed by atoms with Gasteiger partial charge < -0.3 is 9.80 Å². The molecule has 2 aliphatic rings. The van der Waals surface area contributed by atoms with Crippen molar-refractivity contribution in [1.29, 1.82) is 0 Å². The average Bonchev–Trinajstić information content (AvgIpc) is 3.21. The zero-order valence-corrected chi connectivity index (χ0v) is 28.0. The fourth-order valence-electron chi connectivity index (χ4n) is 8.12. The van der Waals surface area contributed by atoms with Crippen molar-refractivity contribution in [2.24, 2.45) is 0 Å². The van der Waals surface area contributed by atoms with Gasteiger partial charge in [0.2, 0.25) is 0 Å². The van der Waals surface area contributed by atoms with Crippen LogP contribution in [0.1, 0.15) is 0 Å². The molecule has 0 bridgehead atoms. The van der Waals surface area contributed by atoms with Gasteiger partial charge in [0.25, 0.3) is 6.71 Å². The van der Waals surface area contributed by atoms with Crippen molar-refractivity contribution in [3.8, 4) is 33.4 Å². The van der Waals surface area contributed by atoms with Crippen LogP contribution < -0.4 is 26.2 Å². The predicted molar refractivity (Wildman–Crippen MR) is 217 cm³/mol. The minimum Gasteiger partial charge on any atom is -0.311 e. The van der Waals surface area contributed by atoms with Gasteiger partial charge in [0.1, 0.15) is 0 Å². The first-order chi connectivity index (χ1) is 25.3. The first-order valence-electron chi connectivity index (χ1n) is 17.6. The van der Waals surface area contributed by atoms with Crippen LogP contribution in [0.15, 0.2) is 200 Å². The van der Waals surface area contributed by atoms with E-state index in [0.717, 1.165) is 11.4 Å². The predicted octanol–water partition coefficient (Wildman–Crippen LogP) is 10.8. The standard InChI is InChI=1S/C48H33BN2/c1-6-16-34(17-7-1)37-26-28-42-44(30-37)50(40-22-12-4-13-23-40)46-32-39(36-20-10-3-11-21-36)33-47-48(46)49(42)43-29-27-38(35-18-8-2-9-19-35)31-45(43)51(47)41-24-14-5-15-25-41/h1-33H. The molecule has 0 radical (unpaired) electrons. The van der Waals surface area contributed by atoms with Gasteiger partial charge in [-0.25, -0.2) is 0 Å². The highest BCUT2D eigenvalue weighted by Gasteiger charge is 2.43. The van der Waals surface area contributed by atoms with Gasteiger partial charge in [-0.15, -0.1) is 0 Å². The van der Waals surface area contributed by atoms with E-state index in [-0.39, 0.29) is 6.71 Å². The summed E-state index contributed by atoms with van der Waals surface area (Å²) in [6.07, 6.45) is 0. The Balaban J connectivity index is 1.32. The van der Waals surface area contributed by atoms with Gasteiger partial charge in [-0.2, -0.15) is 0 Å². The lowest BCUT2D eigenvalue weighted by Gasteiger charge is -2.44. The number of hydrogen-bond acceptors (Lipinski definition) is 2. The van der Waals surface area contributed by atoms with Crippen LogP contribution in [0.2, 0.25) is 0 Å². The number of rotatable bonds is 5. The fourth-order valence-corrected chi connectivity index (χ4v) is 8.12. The highest BCUT2D eigenvalue weighted by molar-refractivity contribution is 7.00. The number of benzene rings is 8. The maximum absolute atomic E-state index is 2.50. The van der Waals surface area contributed by atoms with E-state index >= 15 is 0 Å². The topological polar surface area (TPSA) is 6.48 Å². The van der Waals surface area contributed by atoms with Gasteiger partial charge in [0.15, 0.2) is 0 Å². The Bertz CT molecular complexity index is 2360. The summed E-state index contributed by atoms with van der Waals surface area (Å²) in [4.78, 5) is 4.99. The molecule has 0 unspecified atom stereocenters. The van der Waals surface area contributed by atoms with Crippen molar-refractivity contribution >= 4 is 57.2 Å². The minimum atomic E-state index is 0.0411. The monoisotopic (exact) mass is 648 g/mol. The average molecular weight is 649 g/mol. The number of nitrogens with zero attached hydrogens (tertiary/aromatic N) is 2. The zero-order valence-electron chi connectivity index (χ0n) is 28.0. The molecule has 0 atom stereocenters. The summed E-state index contributed by atoms with van der Waals surface area (Å²) < 4.78 is 0. The van der Waals surface area contributed by atoms with Crippen molar-refractivity contribution in [3.63, 3.8) is 0 Å². The highest BCUT2D eigenvalue weighted by atomic mass is 15.2. The van der Waals surface area contributed by atoms with E-state index in [4.69, 9.17) is 0 Å². The van der Waals surface area contributed by atoms with E-state index in [1.807, 2.05) is 0 Å². The summed E-state index contributed by atoms with van der Waals surface area (Å²) in [6.45, 7) is 0.0411. The van der Waals surface area contributed by atoms with Crippen molar-refractivity contribution in [2.45, 2.75) is 0 Å². The quantitative estimate of drug-likeness (QED) is 0.171. The lowest BCUT2D eigenvalue weighted by molar-refractivity contribution is 1.25. The molecule has 0 aromatic heterocycles. The number of para-hydroxylation sites is 2. The third-order valence-corrected chi connectivity index (χ3v) is 10.4. The van der Waals surface area contributed by atoms with Crippen LogP contribution in [0.3, 0.4) is 0 Å². The Labute approximate surface area is 299 Å². The smallest absolute Gasteiger partial charge is 0.252 e. The maximum Gasteiger partial charge on any atom is 0.252 e. The number of anilines is 6. The molecule has 238 valence electrons. The molecule has 8 aromatic carbocycles. The van der Waals surface area contributed by atoms with Gasteiger partial charge in [-0.1, -0.05) is 152 Å². The van der Waals surface area contributed by atoms with Crippen LogP contribution >= 0.6 is 0 Å². The van der Waals surface area contributed by atoms with E-state index in [2.05, 4.69) is 210 Å². The summed E-state index contributed by atoms with van der Waals surface area (Å²) in [5, 5.41) is 0. The Morgan fingerprint density at radius 3 is 1.00 bits per heavy atom. The number of fused-ring (bicyclic) bond motifs is 4. The third-order valence-electron chi connectivity index (χ3n) is 10.4. The van der Waals surface area contributed by atoms with Crippen molar-refractivity contribution < 1.29 is 0 Å². The maximum atomic E-state index is 2.50. The van der Waals surface area contributed by atoms with Gasteiger partial charge >= 0.3 is 0 Å². The van der Waals surface area contributed by atoms with Crippen molar-refractivity contribution in [2.75, 3.05) is 9.80 Å². The van der Waals surface area contributed by atoms with Crippen LogP contribution in [0, 0.1) is 0 Å². The van der Waals surface area contributed by atoms with Crippen LogP contribution in [0.5, 0.6) is 0 Å². The summed E-state index contributed by atoms with van der Waals surface area (Å²) in [5.74, 6) is 0. The van der Waals surface area contributed by atoms with E-state index < -0.39 is 0 Å². The molecule has 0 amide bonds. The van der Waals surface area contributed by atoms with E-state index in [0.29, 0.717) is 0 Å². The first kappa shape index (κ1) is 29.4. The summed E-state index contributed by atoms with van der Waals surface area (Å²) >= 11 is 0. The molecule has 0 saturated heterocycles. The van der Waals surface area contributed by atoms with Gasteiger partial charge in [0, 0.05) is 34.1 Å². The lowest BCUT2D eigenvalue weighted by atomic mass is 9.33. The van der Waals surface area contributed by atoms with Crippen LogP contribution in [-0.4, -0.2) is 6.71 Å². The first-order valence-corrected chi connectivity index (χ1v) is 17.6. The van der Waals surface area contributed by atoms with E-state index in [9.17, 15) is 0 Å². The molecular weight excluding hydrogens is 615 g/mol. The van der Waals surface area contributed by atoms with Crippen molar-refractivity contribution in [1.82, 2.24) is 0 Å². The molecular formula is C48H33BN2. The normalized spacial score (nSPS) is 12.6. The molecule has 0 fully saturated rings. The molecule has 51 heavy (non-hydrogen) atoms. The lowest BCUT2D eigenvalue weighted by Crippen LogP contribution is -2.61. The third kappa shape index (κ3) is 4.89. The van der Waals surface area contributed by atoms with Crippen LogP contribution in [-0.2, 0) is 0 Å². The van der Waals surface area contributed by atoms with Crippen molar-refractivity contribution in [3.05, 3.63) is 200 Å². The second-order valence-electron chi connectivity index (χ2n) is 13.3. The molecule has 0 N–H and O–H groups in total. The number of hydrogen-bond donors (Lipinski definition) is 0. The van der Waals surface area contributed by atoms with Gasteiger partial charge in [0.05, 0.1) is 0 Å². The van der Waals surface area contributed by atoms with Crippen LogP contribution in [0.4, 0.5) is 34.1 Å². The Morgan fingerprint density at radius 2 is 0.608 bits per heavy atom. The molecule has 0 spiro atoms. The molecule has 8 aromatic rings. The molecule has 10 rings (SSSR count). The van der Waals surface area contributed by atoms with Gasteiger partial charge in [-0.05, 0) is 98.3 Å². The zero-order chi connectivity index (χ0) is 33.7. The molecule has 0 saturated carbocycles. The highest BCUT2D eigenvalue weighted by Crippen LogP contribution is 2.47. The Morgan fingerprint density at radius 1 is 0.275 bits per heavy atom. The molecule has 2 nitrogen and oxygen atoms in total. The summed E-state index contributed by atoms with van der Waals surface area (Å²) in [5.41, 5.74) is 18.3.